The first-order valence-electron chi connectivity index (χ1n) is 8.85. The van der Waals surface area contributed by atoms with E-state index >= 15 is 0 Å². The van der Waals surface area contributed by atoms with Crippen LogP contribution in [0.4, 0.5) is 17.2 Å². The van der Waals surface area contributed by atoms with Crippen LogP contribution in [0.25, 0.3) is 0 Å². The van der Waals surface area contributed by atoms with Crippen LogP contribution < -0.4 is 16.0 Å². The molecule has 7 heteroatoms. The topological polar surface area (TPSA) is 96.0 Å². The molecule has 0 radical (unpaired) electrons. The summed E-state index contributed by atoms with van der Waals surface area (Å²) in [5, 5.41) is 16.8. The summed E-state index contributed by atoms with van der Waals surface area (Å²) in [7, 11) is 0. The van der Waals surface area contributed by atoms with Crippen LogP contribution in [0.2, 0.25) is 0 Å². The number of anilines is 3. The zero-order valence-electron chi connectivity index (χ0n) is 15.6. The molecule has 3 aromatic rings. The molecule has 1 aromatic heterocycles. The fourth-order valence-electron chi connectivity index (χ4n) is 2.60. The second kappa shape index (κ2) is 8.77. The molecule has 0 saturated carbocycles. The third-order valence-electron chi connectivity index (χ3n) is 4.02. The molecule has 2 amide bonds. The van der Waals surface area contributed by atoms with Gasteiger partial charge in [0.1, 0.15) is 0 Å². The first-order chi connectivity index (χ1) is 13.5. The van der Waals surface area contributed by atoms with Crippen molar-refractivity contribution in [3.63, 3.8) is 0 Å². The molecule has 142 valence electrons. The van der Waals surface area contributed by atoms with Crippen molar-refractivity contribution in [3.05, 3.63) is 78.0 Å². The maximum absolute atomic E-state index is 12.4. The van der Waals surface area contributed by atoms with Crippen molar-refractivity contribution < 1.29 is 9.59 Å². The molecule has 0 fully saturated rings. The maximum Gasteiger partial charge on any atom is 0.272 e. The Labute approximate surface area is 163 Å². The van der Waals surface area contributed by atoms with E-state index in [2.05, 4.69) is 26.1 Å². The number of benzene rings is 2. The predicted molar refractivity (Wildman–Crippen MR) is 108 cm³/mol. The first kappa shape index (κ1) is 19.0. The smallest absolute Gasteiger partial charge is 0.272 e. The molecule has 1 atom stereocenters. The van der Waals surface area contributed by atoms with E-state index in [0.717, 1.165) is 11.3 Å². The lowest BCUT2D eigenvalue weighted by Gasteiger charge is -2.13. The molecule has 7 nitrogen and oxygen atoms in total. The fraction of sp³-hybridized carbons (Fsp3) is 0.143. The molecule has 1 unspecified atom stereocenters. The van der Waals surface area contributed by atoms with Crippen LogP contribution in [-0.4, -0.2) is 22.0 Å². The van der Waals surface area contributed by atoms with Gasteiger partial charge in [0.15, 0.2) is 11.5 Å². The summed E-state index contributed by atoms with van der Waals surface area (Å²) in [5.74, 6) is 0.108. The zero-order chi connectivity index (χ0) is 19.9. The predicted octanol–water partition coefficient (Wildman–Crippen LogP) is 3.67. The average molecular weight is 375 g/mol. The normalized spacial score (nSPS) is 11.4. The van der Waals surface area contributed by atoms with E-state index in [-0.39, 0.29) is 23.6 Å². The summed E-state index contributed by atoms with van der Waals surface area (Å²) >= 11 is 0. The van der Waals surface area contributed by atoms with E-state index in [4.69, 9.17) is 0 Å². The Kier molecular flexibility index (Phi) is 5.96. The standard InChI is InChI=1S/C21H21N5O2/c1-14(16-6-4-3-5-7-16)22-21(28)19-12-13-20(26-25-19)24-18-10-8-17(9-11-18)23-15(2)27/h3-14H,1-2H3,(H,22,28)(H,23,27)(H,24,26). The molecular weight excluding hydrogens is 354 g/mol. The number of carbonyl (C=O) groups excluding carboxylic acids is 2. The van der Waals surface area contributed by atoms with Crippen molar-refractivity contribution in [2.75, 3.05) is 10.6 Å². The molecule has 3 rings (SSSR count). The summed E-state index contributed by atoms with van der Waals surface area (Å²) < 4.78 is 0. The second-order valence-corrected chi connectivity index (χ2v) is 6.29. The van der Waals surface area contributed by atoms with Crippen LogP contribution in [0, 0.1) is 0 Å². The highest BCUT2D eigenvalue weighted by Gasteiger charge is 2.13. The van der Waals surface area contributed by atoms with Crippen molar-refractivity contribution in [1.82, 2.24) is 15.5 Å². The molecule has 1 heterocycles. The van der Waals surface area contributed by atoms with Gasteiger partial charge >= 0.3 is 0 Å². The largest absolute Gasteiger partial charge is 0.344 e. The SMILES string of the molecule is CC(=O)Nc1ccc(Nc2ccc(C(=O)NC(C)c3ccccc3)nn2)cc1. The van der Waals surface area contributed by atoms with Gasteiger partial charge in [0.25, 0.3) is 5.91 Å². The highest BCUT2D eigenvalue weighted by molar-refractivity contribution is 5.92. The molecule has 0 bridgehead atoms. The average Bonchev–Trinajstić information content (AvgIpc) is 2.70. The minimum Gasteiger partial charge on any atom is -0.344 e. The fourth-order valence-corrected chi connectivity index (χ4v) is 2.60. The number of hydrogen-bond donors (Lipinski definition) is 3. The molecule has 0 aliphatic carbocycles. The van der Waals surface area contributed by atoms with Gasteiger partial charge in [-0.15, -0.1) is 10.2 Å². The van der Waals surface area contributed by atoms with Crippen molar-refractivity contribution in [3.8, 4) is 0 Å². The Morgan fingerprint density at radius 2 is 1.54 bits per heavy atom. The summed E-state index contributed by atoms with van der Waals surface area (Å²) in [5.41, 5.74) is 2.76. The van der Waals surface area contributed by atoms with E-state index in [1.54, 1.807) is 24.3 Å². The molecule has 3 N–H and O–H groups in total. The van der Waals surface area contributed by atoms with E-state index < -0.39 is 0 Å². The quantitative estimate of drug-likeness (QED) is 0.611. The van der Waals surface area contributed by atoms with Crippen LogP contribution in [-0.2, 0) is 4.79 Å². The van der Waals surface area contributed by atoms with Crippen molar-refractivity contribution in [2.24, 2.45) is 0 Å². The van der Waals surface area contributed by atoms with Crippen molar-refractivity contribution in [1.29, 1.82) is 0 Å². The van der Waals surface area contributed by atoms with Gasteiger partial charge in [0, 0.05) is 18.3 Å². The van der Waals surface area contributed by atoms with Crippen LogP contribution in [0.15, 0.2) is 66.7 Å². The van der Waals surface area contributed by atoms with Gasteiger partial charge < -0.3 is 16.0 Å². The summed E-state index contributed by atoms with van der Waals surface area (Å²) in [6, 6.07) is 20.1. The Morgan fingerprint density at radius 1 is 0.857 bits per heavy atom. The van der Waals surface area contributed by atoms with E-state index in [0.29, 0.717) is 11.5 Å². The van der Waals surface area contributed by atoms with Gasteiger partial charge in [0.05, 0.1) is 6.04 Å². The van der Waals surface area contributed by atoms with Crippen molar-refractivity contribution >= 4 is 29.0 Å². The van der Waals surface area contributed by atoms with Crippen LogP contribution >= 0.6 is 0 Å². The minimum atomic E-state index is -0.282. The van der Waals surface area contributed by atoms with Crippen LogP contribution in [0.1, 0.15) is 35.9 Å². The number of hydrogen-bond acceptors (Lipinski definition) is 5. The third-order valence-corrected chi connectivity index (χ3v) is 4.02. The van der Waals surface area contributed by atoms with Gasteiger partial charge in [-0.2, -0.15) is 0 Å². The molecule has 28 heavy (non-hydrogen) atoms. The monoisotopic (exact) mass is 375 g/mol. The second-order valence-electron chi connectivity index (χ2n) is 6.29. The number of nitrogens with zero attached hydrogens (tertiary/aromatic N) is 2. The molecular formula is C21H21N5O2. The molecule has 0 aliphatic rings. The minimum absolute atomic E-state index is 0.123. The van der Waals surface area contributed by atoms with Gasteiger partial charge in [0.2, 0.25) is 5.91 Å². The maximum atomic E-state index is 12.4. The lowest BCUT2D eigenvalue weighted by atomic mass is 10.1. The third kappa shape index (κ3) is 5.14. The van der Waals surface area contributed by atoms with Crippen molar-refractivity contribution in [2.45, 2.75) is 19.9 Å². The number of nitrogens with one attached hydrogen (secondary N) is 3. The number of aromatic nitrogens is 2. The Hall–Kier alpha value is -3.74. The highest BCUT2D eigenvalue weighted by atomic mass is 16.2. The first-order valence-corrected chi connectivity index (χ1v) is 8.85. The Bertz CT molecular complexity index is 941. The zero-order valence-corrected chi connectivity index (χ0v) is 15.6. The van der Waals surface area contributed by atoms with Gasteiger partial charge in [-0.1, -0.05) is 30.3 Å². The van der Waals surface area contributed by atoms with Crippen LogP contribution in [0.3, 0.4) is 0 Å². The number of rotatable bonds is 6. The van der Waals surface area contributed by atoms with Gasteiger partial charge in [-0.3, -0.25) is 9.59 Å². The number of amides is 2. The molecule has 2 aromatic carbocycles. The molecule has 0 aliphatic heterocycles. The summed E-state index contributed by atoms with van der Waals surface area (Å²) in [6.45, 7) is 3.38. The molecule has 0 saturated heterocycles. The Balaban J connectivity index is 1.60. The summed E-state index contributed by atoms with van der Waals surface area (Å²) in [4.78, 5) is 23.4. The van der Waals surface area contributed by atoms with Crippen LogP contribution in [0.5, 0.6) is 0 Å². The number of carbonyl (C=O) groups is 2. The molecule has 0 spiro atoms. The Morgan fingerprint density at radius 3 is 2.14 bits per heavy atom. The highest BCUT2D eigenvalue weighted by Crippen LogP contribution is 2.17. The van der Waals surface area contributed by atoms with Gasteiger partial charge in [-0.05, 0) is 48.9 Å². The van der Waals surface area contributed by atoms with E-state index in [1.807, 2.05) is 49.4 Å². The van der Waals surface area contributed by atoms with Gasteiger partial charge in [-0.25, -0.2) is 0 Å². The van der Waals surface area contributed by atoms with E-state index in [9.17, 15) is 9.59 Å². The lowest BCUT2D eigenvalue weighted by molar-refractivity contribution is -0.114. The summed E-state index contributed by atoms with van der Waals surface area (Å²) in [6.07, 6.45) is 0. The van der Waals surface area contributed by atoms with E-state index in [1.165, 1.54) is 6.92 Å². The lowest BCUT2D eigenvalue weighted by Crippen LogP contribution is -2.27.